The summed E-state index contributed by atoms with van der Waals surface area (Å²) in [5, 5.41) is 5.26. The molecule has 3 aromatic rings. The average molecular weight is 454 g/mol. The maximum Gasteiger partial charge on any atom is 0.165 e. The van der Waals surface area contributed by atoms with Crippen molar-refractivity contribution in [3.05, 3.63) is 33.5 Å². The number of anilines is 1. The SMILES string of the molecule is COc1cc(OC)c(Cl)c(-c2nc(NC(C)C3CC3)c3cc(Cl)ncc3n2)c1Cl. The Bertz CT molecular complexity index is 1060. The van der Waals surface area contributed by atoms with Crippen LogP contribution < -0.4 is 14.8 Å². The predicted octanol–water partition coefficient (Wildman–Crippen LogP) is 5.88. The minimum atomic E-state index is 0.263. The lowest BCUT2D eigenvalue weighted by atomic mass is 10.1. The molecule has 152 valence electrons. The van der Waals surface area contributed by atoms with Crippen LogP contribution in [0.25, 0.3) is 22.3 Å². The van der Waals surface area contributed by atoms with Gasteiger partial charge in [0.05, 0.1) is 41.5 Å². The third-order valence-electron chi connectivity index (χ3n) is 5.04. The minimum absolute atomic E-state index is 0.263. The molecule has 2 heterocycles. The minimum Gasteiger partial charge on any atom is -0.495 e. The summed E-state index contributed by atoms with van der Waals surface area (Å²) in [4.78, 5) is 13.5. The third kappa shape index (κ3) is 3.89. The number of halogens is 3. The summed E-state index contributed by atoms with van der Waals surface area (Å²) >= 11 is 19.3. The number of methoxy groups -OCH3 is 2. The zero-order valence-corrected chi connectivity index (χ0v) is 18.4. The topological polar surface area (TPSA) is 69.2 Å². The largest absolute Gasteiger partial charge is 0.495 e. The zero-order chi connectivity index (χ0) is 20.7. The summed E-state index contributed by atoms with van der Waals surface area (Å²) in [6, 6.07) is 3.64. The number of benzene rings is 1. The number of pyridine rings is 1. The molecule has 0 aliphatic heterocycles. The first-order valence-corrected chi connectivity index (χ1v) is 10.3. The second kappa shape index (κ2) is 8.01. The number of hydrogen-bond donors (Lipinski definition) is 1. The normalized spacial score (nSPS) is 14.7. The molecule has 1 aliphatic rings. The summed E-state index contributed by atoms with van der Waals surface area (Å²) in [6.07, 6.45) is 4.02. The number of aromatic nitrogens is 3. The summed E-state index contributed by atoms with van der Waals surface area (Å²) in [5.74, 6) is 2.47. The van der Waals surface area contributed by atoms with E-state index >= 15 is 0 Å². The molecule has 0 saturated heterocycles. The Balaban J connectivity index is 1.94. The van der Waals surface area contributed by atoms with Gasteiger partial charge in [0.1, 0.15) is 22.5 Å². The number of fused-ring (bicyclic) bond motifs is 1. The monoisotopic (exact) mass is 452 g/mol. The molecule has 1 saturated carbocycles. The van der Waals surface area contributed by atoms with Crippen molar-refractivity contribution in [1.82, 2.24) is 15.0 Å². The fourth-order valence-electron chi connectivity index (χ4n) is 3.24. The van der Waals surface area contributed by atoms with Gasteiger partial charge in [-0.15, -0.1) is 0 Å². The van der Waals surface area contributed by atoms with Crippen LogP contribution in [0.5, 0.6) is 11.5 Å². The van der Waals surface area contributed by atoms with Gasteiger partial charge in [-0.2, -0.15) is 0 Å². The first-order chi connectivity index (χ1) is 13.9. The molecule has 0 radical (unpaired) electrons. The molecular formula is C20H19Cl3N4O2. The maximum absolute atomic E-state index is 6.57. The van der Waals surface area contributed by atoms with Crippen LogP contribution in [0.15, 0.2) is 18.3 Å². The second-order valence-electron chi connectivity index (χ2n) is 6.97. The first kappa shape index (κ1) is 20.3. The van der Waals surface area contributed by atoms with Crippen LogP contribution >= 0.6 is 34.8 Å². The highest BCUT2D eigenvalue weighted by Gasteiger charge is 2.29. The highest BCUT2D eigenvalue weighted by atomic mass is 35.5. The van der Waals surface area contributed by atoms with E-state index in [0.717, 1.165) is 5.39 Å². The van der Waals surface area contributed by atoms with E-state index in [0.29, 0.717) is 55.3 Å². The van der Waals surface area contributed by atoms with Gasteiger partial charge >= 0.3 is 0 Å². The predicted molar refractivity (Wildman–Crippen MR) is 117 cm³/mol. The van der Waals surface area contributed by atoms with Crippen LogP contribution in [0.4, 0.5) is 5.82 Å². The molecule has 1 fully saturated rings. The molecule has 1 aliphatic carbocycles. The van der Waals surface area contributed by atoms with E-state index in [1.165, 1.54) is 27.1 Å². The Kier molecular flexibility index (Phi) is 5.60. The number of nitrogens with one attached hydrogen (secondary N) is 1. The van der Waals surface area contributed by atoms with Crippen molar-refractivity contribution in [3.63, 3.8) is 0 Å². The Morgan fingerprint density at radius 2 is 1.69 bits per heavy atom. The third-order valence-corrected chi connectivity index (χ3v) is 6.00. The van der Waals surface area contributed by atoms with E-state index in [9.17, 15) is 0 Å². The van der Waals surface area contributed by atoms with Crippen LogP contribution in [-0.4, -0.2) is 35.2 Å². The summed E-state index contributed by atoms with van der Waals surface area (Å²) in [6.45, 7) is 2.14. The van der Waals surface area contributed by atoms with Gasteiger partial charge in [0.2, 0.25) is 0 Å². The molecule has 0 amide bonds. The van der Waals surface area contributed by atoms with Crippen LogP contribution in [0.3, 0.4) is 0 Å². The van der Waals surface area contributed by atoms with E-state index in [-0.39, 0.29) is 6.04 Å². The van der Waals surface area contributed by atoms with Gasteiger partial charge in [0.15, 0.2) is 5.82 Å². The Morgan fingerprint density at radius 3 is 2.28 bits per heavy atom. The summed E-state index contributed by atoms with van der Waals surface area (Å²) in [7, 11) is 3.05. The first-order valence-electron chi connectivity index (χ1n) is 9.13. The number of nitrogens with zero attached hydrogens (tertiary/aromatic N) is 3. The molecule has 0 spiro atoms. The van der Waals surface area contributed by atoms with Crippen molar-refractivity contribution in [3.8, 4) is 22.9 Å². The highest BCUT2D eigenvalue weighted by molar-refractivity contribution is 6.41. The highest BCUT2D eigenvalue weighted by Crippen LogP contribution is 2.45. The lowest BCUT2D eigenvalue weighted by molar-refractivity contribution is 0.395. The molecule has 6 nitrogen and oxygen atoms in total. The second-order valence-corrected chi connectivity index (χ2v) is 8.12. The molecule has 2 aromatic heterocycles. The smallest absolute Gasteiger partial charge is 0.165 e. The van der Waals surface area contributed by atoms with Gasteiger partial charge in [-0.05, 0) is 31.7 Å². The Hall–Kier alpha value is -2.02. The Morgan fingerprint density at radius 1 is 1.03 bits per heavy atom. The number of rotatable bonds is 6. The average Bonchev–Trinajstić information content (AvgIpc) is 3.54. The number of hydrogen-bond acceptors (Lipinski definition) is 6. The van der Waals surface area contributed by atoms with Crippen molar-refractivity contribution in [2.45, 2.75) is 25.8 Å². The van der Waals surface area contributed by atoms with Crippen molar-refractivity contribution in [2.24, 2.45) is 5.92 Å². The molecular weight excluding hydrogens is 435 g/mol. The molecule has 29 heavy (non-hydrogen) atoms. The van der Waals surface area contributed by atoms with Crippen LogP contribution in [-0.2, 0) is 0 Å². The van der Waals surface area contributed by atoms with Gasteiger partial charge in [0.25, 0.3) is 0 Å². The van der Waals surface area contributed by atoms with Gasteiger partial charge in [-0.3, -0.25) is 0 Å². The van der Waals surface area contributed by atoms with Gasteiger partial charge < -0.3 is 14.8 Å². The summed E-state index contributed by atoms with van der Waals surface area (Å²) < 4.78 is 10.7. The maximum atomic E-state index is 6.57. The van der Waals surface area contributed by atoms with Crippen molar-refractivity contribution in [1.29, 1.82) is 0 Å². The van der Waals surface area contributed by atoms with Gasteiger partial charge in [-0.1, -0.05) is 34.8 Å². The van der Waals surface area contributed by atoms with Gasteiger partial charge in [-0.25, -0.2) is 15.0 Å². The standard InChI is InChI=1S/C20H19Cl3N4O2/c1-9(10-4-5-10)25-19-11-6-15(21)24-8-12(11)26-20(27-19)16-17(22)13(28-2)7-14(29-3)18(16)23/h6-10H,4-5H2,1-3H3,(H,25,26,27). The van der Waals surface area contributed by atoms with Crippen LogP contribution in [0.1, 0.15) is 19.8 Å². The zero-order valence-electron chi connectivity index (χ0n) is 16.1. The lowest BCUT2D eigenvalue weighted by Crippen LogP contribution is -2.18. The van der Waals surface area contributed by atoms with Gasteiger partial charge in [0, 0.05) is 17.5 Å². The van der Waals surface area contributed by atoms with E-state index in [1.54, 1.807) is 18.3 Å². The van der Waals surface area contributed by atoms with Crippen LogP contribution in [0.2, 0.25) is 15.2 Å². The molecule has 1 atom stereocenters. The summed E-state index contributed by atoms with van der Waals surface area (Å²) in [5.41, 5.74) is 1.06. The van der Waals surface area contributed by atoms with E-state index in [2.05, 4.69) is 22.2 Å². The molecule has 1 N–H and O–H groups in total. The molecule has 0 bridgehead atoms. The number of ether oxygens (including phenoxy) is 2. The molecule has 1 unspecified atom stereocenters. The quantitative estimate of drug-likeness (QED) is 0.470. The molecule has 1 aromatic carbocycles. The van der Waals surface area contributed by atoms with E-state index < -0.39 is 0 Å². The van der Waals surface area contributed by atoms with E-state index in [4.69, 9.17) is 49.3 Å². The Labute approximate surface area is 183 Å². The van der Waals surface area contributed by atoms with Crippen molar-refractivity contribution >= 4 is 51.5 Å². The van der Waals surface area contributed by atoms with Crippen LogP contribution in [0, 0.1) is 5.92 Å². The molecule has 4 rings (SSSR count). The fraction of sp³-hybridized carbons (Fsp3) is 0.350. The van der Waals surface area contributed by atoms with Crippen molar-refractivity contribution in [2.75, 3.05) is 19.5 Å². The lowest BCUT2D eigenvalue weighted by Gasteiger charge is -2.18. The fourth-order valence-corrected chi connectivity index (χ4v) is 4.07. The molecule has 9 heteroatoms. The van der Waals surface area contributed by atoms with Crippen molar-refractivity contribution < 1.29 is 9.47 Å². The van der Waals surface area contributed by atoms with E-state index in [1.807, 2.05) is 0 Å².